The average molecular weight is 322 g/mol. The first kappa shape index (κ1) is 15.9. The van der Waals surface area contributed by atoms with Crippen LogP contribution in [-0.2, 0) is 0 Å². The molecule has 1 atom stereocenters. The Kier molecular flexibility index (Phi) is 4.58. The van der Waals surface area contributed by atoms with Crippen LogP contribution >= 0.6 is 11.8 Å². The highest BCUT2D eigenvalue weighted by atomic mass is 32.2. The molecule has 23 heavy (non-hydrogen) atoms. The van der Waals surface area contributed by atoms with Crippen molar-refractivity contribution in [2.45, 2.75) is 31.0 Å². The topological polar surface area (TPSA) is 16.1 Å². The summed E-state index contributed by atoms with van der Waals surface area (Å²) in [6, 6.07) is 16.9. The van der Waals surface area contributed by atoms with Gasteiger partial charge in [0.2, 0.25) is 0 Å². The maximum atomic E-state index is 4.28. The molecule has 2 nitrogen and oxygen atoms in total. The normalized spacial score (nSPS) is 16.0. The first-order valence-electron chi connectivity index (χ1n) is 7.87. The van der Waals surface area contributed by atoms with Crippen LogP contribution in [0.3, 0.4) is 0 Å². The number of rotatable bonds is 0. The van der Waals surface area contributed by atoms with Crippen LogP contribution < -0.4 is 4.90 Å². The number of nitrogens with zero attached hydrogens (tertiary/aromatic N) is 2. The third-order valence-electron chi connectivity index (χ3n) is 4.20. The molecule has 1 unspecified atom stereocenters. The summed E-state index contributed by atoms with van der Waals surface area (Å²) in [5.74, 6) is 0. The van der Waals surface area contributed by atoms with Crippen LogP contribution in [-0.4, -0.2) is 17.4 Å². The van der Waals surface area contributed by atoms with E-state index in [4.69, 9.17) is 0 Å². The standard InChI is InChI=1S/C11H11N.C9H11NS/c1-8-3-4-11-10(7-8)9(2)5-6-12-11;1-7-10(2)8-5-3-4-6-9(8)11-7/h3-7H,1-2H3;3-7H,1-2H3. The second-order valence-corrected chi connectivity index (χ2v) is 7.30. The number of para-hydroxylation sites is 1. The Morgan fingerprint density at radius 2 is 1.83 bits per heavy atom. The molecule has 0 aliphatic carbocycles. The molecule has 3 heteroatoms. The molecule has 0 fully saturated rings. The second-order valence-electron chi connectivity index (χ2n) is 5.94. The van der Waals surface area contributed by atoms with Crippen molar-refractivity contribution in [1.29, 1.82) is 0 Å². The molecule has 0 saturated carbocycles. The van der Waals surface area contributed by atoms with Gasteiger partial charge in [0.05, 0.1) is 16.6 Å². The first-order chi connectivity index (χ1) is 11.1. The molecule has 3 aromatic rings. The molecule has 0 spiro atoms. The molecular formula is C20H22N2S. The smallest absolute Gasteiger partial charge is 0.0766 e. The zero-order valence-corrected chi connectivity index (χ0v) is 14.9. The van der Waals surface area contributed by atoms with E-state index in [1.165, 1.54) is 27.1 Å². The summed E-state index contributed by atoms with van der Waals surface area (Å²) in [4.78, 5) is 7.99. The lowest BCUT2D eigenvalue weighted by Crippen LogP contribution is -2.20. The van der Waals surface area contributed by atoms with Crippen molar-refractivity contribution in [3.63, 3.8) is 0 Å². The van der Waals surface area contributed by atoms with Gasteiger partial charge in [0.25, 0.3) is 0 Å². The van der Waals surface area contributed by atoms with Gasteiger partial charge in [0.1, 0.15) is 0 Å². The Hall–Kier alpha value is -2.00. The highest BCUT2D eigenvalue weighted by molar-refractivity contribution is 8.00. The zero-order chi connectivity index (χ0) is 16.4. The molecule has 0 bridgehead atoms. The number of aryl methyl sites for hydroxylation is 2. The monoisotopic (exact) mass is 322 g/mol. The van der Waals surface area contributed by atoms with E-state index < -0.39 is 0 Å². The lowest BCUT2D eigenvalue weighted by atomic mass is 10.1. The molecule has 1 aromatic heterocycles. The average Bonchev–Trinajstić information content (AvgIpc) is 2.84. The largest absolute Gasteiger partial charge is 0.362 e. The molecule has 0 radical (unpaired) electrons. The Morgan fingerprint density at radius 3 is 2.61 bits per heavy atom. The van der Waals surface area contributed by atoms with Gasteiger partial charge in [-0.1, -0.05) is 35.5 Å². The molecular weight excluding hydrogens is 300 g/mol. The third kappa shape index (κ3) is 3.35. The van der Waals surface area contributed by atoms with Crippen molar-refractivity contribution < 1.29 is 0 Å². The van der Waals surface area contributed by atoms with E-state index >= 15 is 0 Å². The first-order valence-corrected chi connectivity index (χ1v) is 8.75. The number of anilines is 1. The number of thioether (sulfide) groups is 1. The second kappa shape index (κ2) is 6.63. The summed E-state index contributed by atoms with van der Waals surface area (Å²) in [5, 5.41) is 1.85. The van der Waals surface area contributed by atoms with Crippen molar-refractivity contribution >= 4 is 28.4 Å². The minimum absolute atomic E-state index is 0.590. The Morgan fingerprint density at radius 1 is 1.04 bits per heavy atom. The lowest BCUT2D eigenvalue weighted by Gasteiger charge is -2.16. The molecule has 4 rings (SSSR count). The van der Waals surface area contributed by atoms with Gasteiger partial charge in [-0.25, -0.2) is 0 Å². The minimum atomic E-state index is 0.590. The van der Waals surface area contributed by atoms with Crippen molar-refractivity contribution in [1.82, 2.24) is 4.98 Å². The lowest BCUT2D eigenvalue weighted by molar-refractivity contribution is 0.924. The number of aromatic nitrogens is 1. The van der Waals surface area contributed by atoms with Gasteiger partial charge in [-0.2, -0.15) is 0 Å². The van der Waals surface area contributed by atoms with Gasteiger partial charge in [0.15, 0.2) is 0 Å². The molecule has 0 amide bonds. The quantitative estimate of drug-likeness (QED) is 0.549. The maximum Gasteiger partial charge on any atom is 0.0766 e. The van der Waals surface area contributed by atoms with Gasteiger partial charge in [0, 0.05) is 23.5 Å². The van der Waals surface area contributed by atoms with Gasteiger partial charge < -0.3 is 4.90 Å². The van der Waals surface area contributed by atoms with Crippen LogP contribution in [0.1, 0.15) is 18.1 Å². The summed E-state index contributed by atoms with van der Waals surface area (Å²) < 4.78 is 0. The molecule has 1 aliphatic heterocycles. The van der Waals surface area contributed by atoms with Crippen LogP contribution in [0, 0.1) is 13.8 Å². The van der Waals surface area contributed by atoms with E-state index in [0.29, 0.717) is 5.37 Å². The SMILES string of the molecule is CC1Sc2ccccc2N1C.Cc1ccc2nccc(C)c2c1. The molecule has 0 N–H and O–H groups in total. The number of hydrogen-bond acceptors (Lipinski definition) is 3. The van der Waals surface area contributed by atoms with Gasteiger partial charge in [-0.05, 0) is 56.7 Å². The van der Waals surface area contributed by atoms with E-state index in [0.717, 1.165) is 5.52 Å². The Balaban J connectivity index is 0.000000136. The van der Waals surface area contributed by atoms with Crippen molar-refractivity contribution in [2.24, 2.45) is 0 Å². The third-order valence-corrected chi connectivity index (χ3v) is 5.46. The fraction of sp³-hybridized carbons (Fsp3) is 0.250. The molecule has 1 aliphatic rings. The van der Waals surface area contributed by atoms with Crippen molar-refractivity contribution in [3.8, 4) is 0 Å². The summed E-state index contributed by atoms with van der Waals surface area (Å²) in [7, 11) is 2.14. The molecule has 0 saturated heterocycles. The summed E-state index contributed by atoms with van der Waals surface area (Å²) >= 11 is 1.93. The minimum Gasteiger partial charge on any atom is -0.362 e. The highest BCUT2D eigenvalue weighted by Gasteiger charge is 2.22. The van der Waals surface area contributed by atoms with E-state index in [2.05, 4.69) is 80.2 Å². The van der Waals surface area contributed by atoms with E-state index in [1.54, 1.807) is 0 Å². The maximum absolute atomic E-state index is 4.28. The van der Waals surface area contributed by atoms with Crippen LogP contribution in [0.4, 0.5) is 5.69 Å². The van der Waals surface area contributed by atoms with Crippen molar-refractivity contribution in [3.05, 3.63) is 65.9 Å². The Bertz CT molecular complexity index is 829. The van der Waals surface area contributed by atoms with Crippen LogP contribution in [0.5, 0.6) is 0 Å². The number of fused-ring (bicyclic) bond motifs is 2. The van der Waals surface area contributed by atoms with E-state index in [-0.39, 0.29) is 0 Å². The number of hydrogen-bond donors (Lipinski definition) is 0. The predicted octanol–water partition coefficient (Wildman–Crippen LogP) is 5.43. The van der Waals surface area contributed by atoms with Crippen LogP contribution in [0.2, 0.25) is 0 Å². The summed E-state index contributed by atoms with van der Waals surface area (Å²) in [6.07, 6.45) is 1.85. The van der Waals surface area contributed by atoms with Gasteiger partial charge in [-0.3, -0.25) is 4.98 Å². The fourth-order valence-corrected chi connectivity index (χ4v) is 3.83. The van der Waals surface area contributed by atoms with Crippen LogP contribution in [0.25, 0.3) is 10.9 Å². The molecule has 2 aromatic carbocycles. The zero-order valence-electron chi connectivity index (χ0n) is 14.1. The van der Waals surface area contributed by atoms with Crippen molar-refractivity contribution in [2.75, 3.05) is 11.9 Å². The summed E-state index contributed by atoms with van der Waals surface area (Å²) in [6.45, 7) is 6.44. The van der Waals surface area contributed by atoms with Gasteiger partial charge >= 0.3 is 0 Å². The highest BCUT2D eigenvalue weighted by Crippen LogP contribution is 2.41. The summed E-state index contributed by atoms with van der Waals surface area (Å²) in [5.41, 5.74) is 5.04. The van der Waals surface area contributed by atoms with Gasteiger partial charge in [-0.15, -0.1) is 0 Å². The number of benzene rings is 2. The molecule has 118 valence electrons. The predicted molar refractivity (Wildman–Crippen MR) is 101 cm³/mol. The van der Waals surface area contributed by atoms with E-state index in [1.807, 2.05) is 24.0 Å². The van der Waals surface area contributed by atoms with E-state index in [9.17, 15) is 0 Å². The molecule has 2 heterocycles. The Labute approximate surface area is 142 Å². The number of pyridine rings is 1. The van der Waals surface area contributed by atoms with Crippen LogP contribution in [0.15, 0.2) is 59.6 Å². The fourth-order valence-electron chi connectivity index (χ4n) is 2.70.